The molecule has 2 aromatic rings. The van der Waals surface area contributed by atoms with E-state index >= 15 is 0 Å². The molecule has 33 heavy (non-hydrogen) atoms. The van der Waals surface area contributed by atoms with Crippen molar-refractivity contribution in [2.75, 3.05) is 0 Å². The van der Waals surface area contributed by atoms with E-state index in [4.69, 9.17) is 0 Å². The SMILES string of the molecule is CC(C)(C)C(=O)/C=c1/s/c(=C/c2cccs2)c(=O)n1CC(=O)NC12CC3CC(CC(C3)C1)C2. The van der Waals surface area contributed by atoms with Crippen LogP contribution in [0.4, 0.5) is 0 Å². The van der Waals surface area contributed by atoms with E-state index in [0.29, 0.717) is 9.20 Å². The zero-order chi connectivity index (χ0) is 23.4. The highest BCUT2D eigenvalue weighted by Gasteiger charge is 2.51. The molecule has 0 radical (unpaired) electrons. The first-order chi connectivity index (χ1) is 15.6. The smallest absolute Gasteiger partial charge is 0.269 e. The molecule has 4 saturated carbocycles. The van der Waals surface area contributed by atoms with E-state index in [-0.39, 0.29) is 29.3 Å². The summed E-state index contributed by atoms with van der Waals surface area (Å²) in [5, 5.41) is 5.33. The summed E-state index contributed by atoms with van der Waals surface area (Å²) in [5.74, 6) is 2.04. The molecule has 0 aliphatic heterocycles. The number of hydrogen-bond acceptors (Lipinski definition) is 5. The molecule has 0 atom stereocenters. The summed E-state index contributed by atoms with van der Waals surface area (Å²) in [5.41, 5.74) is -0.853. The Bertz CT molecular complexity index is 1210. The Morgan fingerprint density at radius 2 is 1.79 bits per heavy atom. The molecular weight excluding hydrogens is 452 g/mol. The van der Waals surface area contributed by atoms with Crippen LogP contribution in [0.3, 0.4) is 0 Å². The van der Waals surface area contributed by atoms with Crippen molar-refractivity contribution < 1.29 is 9.59 Å². The number of thiazole rings is 1. The summed E-state index contributed by atoms with van der Waals surface area (Å²) in [4.78, 5) is 40.2. The number of aromatic nitrogens is 1. The second-order valence-electron chi connectivity index (χ2n) is 11.4. The lowest BCUT2D eigenvalue weighted by atomic mass is 9.53. The van der Waals surface area contributed by atoms with Crippen LogP contribution in [0.5, 0.6) is 0 Å². The van der Waals surface area contributed by atoms with E-state index in [9.17, 15) is 14.4 Å². The number of hydrogen-bond donors (Lipinski definition) is 1. The molecule has 1 N–H and O–H groups in total. The maximum Gasteiger partial charge on any atom is 0.269 e. The fraction of sp³-hybridized carbons (Fsp3) is 0.577. The van der Waals surface area contributed by atoms with Gasteiger partial charge < -0.3 is 5.32 Å². The molecule has 4 bridgehead atoms. The summed E-state index contributed by atoms with van der Waals surface area (Å²) in [6.45, 7) is 5.54. The van der Waals surface area contributed by atoms with Crippen molar-refractivity contribution in [1.82, 2.24) is 9.88 Å². The van der Waals surface area contributed by atoms with Gasteiger partial charge in [0, 0.05) is 21.9 Å². The Kier molecular flexibility index (Phi) is 5.76. The Morgan fingerprint density at radius 3 is 2.33 bits per heavy atom. The fourth-order valence-electron chi connectivity index (χ4n) is 6.37. The summed E-state index contributed by atoms with van der Waals surface area (Å²) >= 11 is 2.84. The average molecular weight is 485 g/mol. The van der Waals surface area contributed by atoms with Crippen LogP contribution >= 0.6 is 22.7 Å². The molecule has 0 spiro atoms. The molecule has 1 amide bonds. The lowest BCUT2D eigenvalue weighted by molar-refractivity contribution is -0.127. The monoisotopic (exact) mass is 484 g/mol. The minimum atomic E-state index is -0.552. The summed E-state index contributed by atoms with van der Waals surface area (Å²) < 4.78 is 2.58. The van der Waals surface area contributed by atoms with Crippen LogP contribution in [0.1, 0.15) is 64.2 Å². The Hall–Kier alpha value is -1.99. The first-order valence-corrected chi connectivity index (χ1v) is 13.6. The van der Waals surface area contributed by atoms with E-state index in [2.05, 4.69) is 5.32 Å². The van der Waals surface area contributed by atoms with Crippen molar-refractivity contribution in [3.63, 3.8) is 0 Å². The van der Waals surface area contributed by atoms with Crippen LogP contribution in [0.2, 0.25) is 0 Å². The Morgan fingerprint density at radius 1 is 1.15 bits per heavy atom. The van der Waals surface area contributed by atoms with E-state index in [1.807, 2.05) is 44.4 Å². The van der Waals surface area contributed by atoms with E-state index in [0.717, 1.165) is 41.9 Å². The van der Waals surface area contributed by atoms with Crippen molar-refractivity contribution >= 4 is 46.5 Å². The summed E-state index contributed by atoms with van der Waals surface area (Å²) in [7, 11) is 0. The maximum atomic E-state index is 13.3. The predicted octanol–water partition coefficient (Wildman–Crippen LogP) is 3.28. The van der Waals surface area contributed by atoms with Gasteiger partial charge in [0.05, 0.1) is 4.53 Å². The van der Waals surface area contributed by atoms with Gasteiger partial charge in [0.25, 0.3) is 5.56 Å². The second kappa shape index (κ2) is 8.35. The number of Topliss-reactive ketones (excluding diaryl/α,β-unsaturated/α-hetero) is 1. The first-order valence-electron chi connectivity index (χ1n) is 11.9. The normalized spacial score (nSPS) is 29.6. The van der Waals surface area contributed by atoms with Crippen molar-refractivity contribution in [2.24, 2.45) is 23.2 Å². The highest BCUT2D eigenvalue weighted by atomic mass is 32.1. The Labute approximate surface area is 202 Å². The molecule has 0 unspecified atom stereocenters. The van der Waals surface area contributed by atoms with Gasteiger partial charge in [0.1, 0.15) is 11.2 Å². The molecular formula is C26H32N2O3S2. The van der Waals surface area contributed by atoms with Crippen molar-refractivity contribution in [3.8, 4) is 0 Å². The molecule has 7 heteroatoms. The molecule has 4 fully saturated rings. The minimum absolute atomic E-state index is 0.0430. The summed E-state index contributed by atoms with van der Waals surface area (Å²) in [6.07, 6.45) is 10.5. The minimum Gasteiger partial charge on any atom is -0.349 e. The van der Waals surface area contributed by atoms with Crippen molar-refractivity contribution in [3.05, 3.63) is 41.9 Å². The van der Waals surface area contributed by atoms with Crippen LogP contribution in [0.25, 0.3) is 12.2 Å². The molecule has 176 valence electrons. The van der Waals surface area contributed by atoms with Crippen LogP contribution in [-0.2, 0) is 16.1 Å². The Balaban J connectivity index is 1.46. The van der Waals surface area contributed by atoms with E-state index in [1.54, 1.807) is 11.3 Å². The third-order valence-electron chi connectivity index (χ3n) is 7.49. The lowest BCUT2D eigenvalue weighted by Crippen LogP contribution is -2.60. The van der Waals surface area contributed by atoms with Crippen LogP contribution in [-0.4, -0.2) is 21.8 Å². The lowest BCUT2D eigenvalue weighted by Gasteiger charge is -2.56. The van der Waals surface area contributed by atoms with Crippen molar-refractivity contribution in [1.29, 1.82) is 0 Å². The van der Waals surface area contributed by atoms with Gasteiger partial charge in [-0.15, -0.1) is 22.7 Å². The van der Waals surface area contributed by atoms with Gasteiger partial charge in [-0.2, -0.15) is 0 Å². The van der Waals surface area contributed by atoms with Crippen molar-refractivity contribution in [2.45, 2.75) is 71.4 Å². The molecule has 0 aromatic carbocycles. The zero-order valence-corrected chi connectivity index (χ0v) is 21.2. The topological polar surface area (TPSA) is 68.2 Å². The van der Waals surface area contributed by atoms with Crippen LogP contribution in [0.15, 0.2) is 22.3 Å². The third kappa shape index (κ3) is 4.67. The third-order valence-corrected chi connectivity index (χ3v) is 9.37. The van der Waals surface area contributed by atoms with Crippen LogP contribution in [0, 0.1) is 23.2 Å². The predicted molar refractivity (Wildman–Crippen MR) is 134 cm³/mol. The zero-order valence-electron chi connectivity index (χ0n) is 19.6. The average Bonchev–Trinajstić information content (AvgIpc) is 3.30. The maximum absolute atomic E-state index is 13.3. The molecule has 4 aliphatic rings. The number of carbonyl (C=O) groups is 2. The highest BCUT2D eigenvalue weighted by molar-refractivity contribution is 7.11. The van der Waals surface area contributed by atoms with E-state index in [1.165, 1.54) is 41.2 Å². The standard InChI is InChI=1S/C26H32N2O3S2/c1-25(2,3)21(29)11-23-28(24(31)20(33-23)10-19-5-4-6-32-19)15-22(30)27-26-12-16-7-17(13-26)9-18(8-16)14-26/h4-6,10-11,16-18H,7-9,12-15H2,1-3H3,(H,27,30)/b20-10+,23-11+. The number of thiophene rings is 1. The summed E-state index contributed by atoms with van der Waals surface area (Å²) in [6, 6.07) is 3.90. The molecule has 4 aliphatic carbocycles. The van der Waals surface area contributed by atoms with Gasteiger partial charge in [-0.3, -0.25) is 19.0 Å². The number of nitrogens with one attached hydrogen (secondary N) is 1. The van der Waals surface area contributed by atoms with E-state index < -0.39 is 5.41 Å². The molecule has 6 rings (SSSR count). The van der Waals surface area contributed by atoms with Crippen LogP contribution < -0.4 is 20.1 Å². The second-order valence-corrected chi connectivity index (χ2v) is 13.4. The molecule has 5 nitrogen and oxygen atoms in total. The number of nitrogens with zero attached hydrogens (tertiary/aromatic N) is 1. The molecule has 0 saturated heterocycles. The largest absolute Gasteiger partial charge is 0.349 e. The highest BCUT2D eigenvalue weighted by Crippen LogP contribution is 2.55. The molecule has 2 heterocycles. The van der Waals surface area contributed by atoms with Gasteiger partial charge in [0.15, 0.2) is 5.78 Å². The number of rotatable bonds is 5. The molecule has 2 aromatic heterocycles. The van der Waals surface area contributed by atoms with Gasteiger partial charge >= 0.3 is 0 Å². The van der Waals surface area contributed by atoms with Gasteiger partial charge in [-0.1, -0.05) is 26.8 Å². The number of ketones is 1. The number of amides is 1. The van der Waals surface area contributed by atoms with Gasteiger partial charge in [0.2, 0.25) is 5.91 Å². The first kappa shape index (κ1) is 22.8. The quantitative estimate of drug-likeness (QED) is 0.708. The fourth-order valence-corrected chi connectivity index (χ4v) is 8.13. The van der Waals surface area contributed by atoms with Gasteiger partial charge in [-0.25, -0.2) is 0 Å². The van der Waals surface area contributed by atoms with Gasteiger partial charge in [-0.05, 0) is 73.8 Å². The number of carbonyl (C=O) groups excluding carboxylic acids is 2.